The Hall–Kier alpha value is -0.650. The van der Waals surface area contributed by atoms with E-state index in [-0.39, 0.29) is 5.41 Å². The summed E-state index contributed by atoms with van der Waals surface area (Å²) in [7, 11) is 0. The molecular weight excluding hydrogens is 236 g/mol. The zero-order valence-electron chi connectivity index (χ0n) is 11.5. The Labute approximate surface area is 108 Å². The third-order valence-corrected chi connectivity index (χ3v) is 3.49. The molecule has 0 amide bonds. The summed E-state index contributed by atoms with van der Waals surface area (Å²) in [6.45, 7) is 7.77. The molecule has 0 aromatic rings. The lowest BCUT2D eigenvalue weighted by Crippen LogP contribution is -2.55. The highest BCUT2D eigenvalue weighted by molar-refractivity contribution is 5.73. The number of hydrogen-bond acceptors (Lipinski definition) is 4. The second-order valence-electron chi connectivity index (χ2n) is 6.37. The minimum absolute atomic E-state index is 0.0792. The van der Waals surface area contributed by atoms with E-state index in [0.29, 0.717) is 6.42 Å². The number of aliphatic hydroxyl groups excluding tert-OH is 2. The standard InChI is InChI=1S/C13H24O5/c1-7-9(14)10(15)8(5-6-13(2,3)4)18-11(7)12(16)17/h7-11,14-15H,5-6H2,1-4H3,(H,16,17)/t7-,8-,9-,10-,11-/m1/s1. The van der Waals surface area contributed by atoms with Crippen LogP contribution in [-0.4, -0.2) is 45.7 Å². The summed E-state index contributed by atoms with van der Waals surface area (Å²) >= 11 is 0. The van der Waals surface area contributed by atoms with Crippen LogP contribution in [-0.2, 0) is 9.53 Å². The highest BCUT2D eigenvalue weighted by Gasteiger charge is 2.45. The largest absolute Gasteiger partial charge is 0.479 e. The van der Waals surface area contributed by atoms with Gasteiger partial charge >= 0.3 is 5.97 Å². The average Bonchev–Trinajstić information content (AvgIpc) is 2.23. The molecule has 0 aliphatic carbocycles. The molecule has 0 bridgehead atoms. The molecule has 0 saturated carbocycles. The minimum Gasteiger partial charge on any atom is -0.479 e. The molecule has 5 heteroatoms. The molecule has 1 aliphatic heterocycles. The number of aliphatic hydroxyl groups is 2. The summed E-state index contributed by atoms with van der Waals surface area (Å²) in [5, 5.41) is 28.8. The van der Waals surface area contributed by atoms with Crippen LogP contribution in [0.1, 0.15) is 40.5 Å². The van der Waals surface area contributed by atoms with Crippen molar-refractivity contribution in [2.45, 2.75) is 65.0 Å². The van der Waals surface area contributed by atoms with Crippen LogP contribution in [0.15, 0.2) is 0 Å². The maximum absolute atomic E-state index is 11.0. The van der Waals surface area contributed by atoms with Crippen molar-refractivity contribution in [3.05, 3.63) is 0 Å². The van der Waals surface area contributed by atoms with Crippen molar-refractivity contribution in [1.29, 1.82) is 0 Å². The van der Waals surface area contributed by atoms with Crippen LogP contribution in [0.4, 0.5) is 0 Å². The van der Waals surface area contributed by atoms with E-state index in [4.69, 9.17) is 9.84 Å². The topological polar surface area (TPSA) is 87.0 Å². The smallest absolute Gasteiger partial charge is 0.333 e. The van der Waals surface area contributed by atoms with Gasteiger partial charge in [-0.15, -0.1) is 0 Å². The number of hydrogen-bond donors (Lipinski definition) is 3. The van der Waals surface area contributed by atoms with Gasteiger partial charge in [0.25, 0.3) is 0 Å². The van der Waals surface area contributed by atoms with Gasteiger partial charge in [-0.25, -0.2) is 4.79 Å². The van der Waals surface area contributed by atoms with Crippen LogP contribution >= 0.6 is 0 Å². The molecule has 1 heterocycles. The Balaban J connectivity index is 2.70. The molecule has 0 aromatic heterocycles. The molecule has 1 aliphatic rings. The minimum atomic E-state index is -1.09. The number of aliphatic carboxylic acids is 1. The van der Waals surface area contributed by atoms with Gasteiger partial charge in [-0.2, -0.15) is 0 Å². The Kier molecular flexibility index (Phi) is 4.75. The van der Waals surface area contributed by atoms with E-state index in [9.17, 15) is 15.0 Å². The number of carboxylic acid groups (broad SMARTS) is 1. The van der Waals surface area contributed by atoms with E-state index in [2.05, 4.69) is 20.8 Å². The molecule has 3 N–H and O–H groups in total. The van der Waals surface area contributed by atoms with Gasteiger partial charge in [-0.1, -0.05) is 27.7 Å². The van der Waals surface area contributed by atoms with Gasteiger partial charge in [0.05, 0.1) is 12.2 Å². The summed E-state index contributed by atoms with van der Waals surface area (Å²) in [4.78, 5) is 11.0. The highest BCUT2D eigenvalue weighted by Crippen LogP contribution is 2.31. The summed E-state index contributed by atoms with van der Waals surface area (Å²) in [6, 6.07) is 0. The van der Waals surface area contributed by atoms with Gasteiger partial charge in [-0.3, -0.25) is 0 Å². The van der Waals surface area contributed by atoms with Crippen molar-refractivity contribution < 1.29 is 24.9 Å². The fourth-order valence-electron chi connectivity index (χ4n) is 2.20. The monoisotopic (exact) mass is 260 g/mol. The molecule has 106 valence electrons. The van der Waals surface area contributed by atoms with Crippen LogP contribution in [0.25, 0.3) is 0 Å². The first kappa shape index (κ1) is 15.4. The predicted molar refractivity (Wildman–Crippen MR) is 66.2 cm³/mol. The lowest BCUT2D eigenvalue weighted by atomic mass is 9.83. The first-order valence-electron chi connectivity index (χ1n) is 6.38. The Bertz CT molecular complexity index is 296. The predicted octanol–water partition coefficient (Wildman–Crippen LogP) is 1.02. The van der Waals surface area contributed by atoms with Crippen molar-refractivity contribution in [2.24, 2.45) is 11.3 Å². The molecule has 0 spiro atoms. The molecule has 18 heavy (non-hydrogen) atoms. The first-order valence-corrected chi connectivity index (χ1v) is 6.38. The molecule has 1 rings (SSSR count). The normalized spacial score (nSPS) is 37.6. The average molecular weight is 260 g/mol. The van der Waals surface area contributed by atoms with E-state index < -0.39 is 36.3 Å². The quantitative estimate of drug-likeness (QED) is 0.705. The van der Waals surface area contributed by atoms with Crippen molar-refractivity contribution in [3.8, 4) is 0 Å². The van der Waals surface area contributed by atoms with Crippen molar-refractivity contribution >= 4 is 5.97 Å². The molecule has 0 aromatic carbocycles. The number of rotatable bonds is 3. The summed E-state index contributed by atoms with van der Waals surface area (Å²) < 4.78 is 5.43. The van der Waals surface area contributed by atoms with E-state index in [1.54, 1.807) is 6.92 Å². The van der Waals surface area contributed by atoms with Gasteiger partial charge in [0, 0.05) is 5.92 Å². The lowest BCUT2D eigenvalue weighted by Gasteiger charge is -2.40. The van der Waals surface area contributed by atoms with Crippen molar-refractivity contribution in [1.82, 2.24) is 0 Å². The second-order valence-corrected chi connectivity index (χ2v) is 6.37. The number of ether oxygens (including phenoxy) is 1. The zero-order chi connectivity index (χ0) is 14.1. The zero-order valence-corrected chi connectivity index (χ0v) is 11.5. The van der Waals surface area contributed by atoms with Crippen molar-refractivity contribution in [3.63, 3.8) is 0 Å². The number of carboxylic acids is 1. The fraction of sp³-hybridized carbons (Fsp3) is 0.923. The molecular formula is C13H24O5. The molecule has 0 unspecified atom stereocenters. The molecule has 0 radical (unpaired) electrons. The van der Waals surface area contributed by atoms with E-state index in [1.807, 2.05) is 0 Å². The SMILES string of the molecule is C[C@@H]1[C@@H](O)[C@H](O)[C@@H](CCC(C)(C)C)O[C@H]1C(=O)O. The van der Waals surface area contributed by atoms with E-state index in [1.165, 1.54) is 0 Å². The Morgan fingerprint density at radius 1 is 1.22 bits per heavy atom. The van der Waals surface area contributed by atoms with E-state index in [0.717, 1.165) is 6.42 Å². The van der Waals surface area contributed by atoms with Crippen molar-refractivity contribution in [2.75, 3.05) is 0 Å². The van der Waals surface area contributed by atoms with Gasteiger partial charge < -0.3 is 20.1 Å². The molecule has 5 nitrogen and oxygen atoms in total. The summed E-state index contributed by atoms with van der Waals surface area (Å²) in [5.41, 5.74) is 0.0792. The second kappa shape index (κ2) is 5.55. The van der Waals surface area contributed by atoms with E-state index >= 15 is 0 Å². The number of carbonyl (C=O) groups is 1. The van der Waals surface area contributed by atoms with Gasteiger partial charge in [0.2, 0.25) is 0 Å². The van der Waals surface area contributed by atoms with Crippen LogP contribution < -0.4 is 0 Å². The molecule has 1 fully saturated rings. The highest BCUT2D eigenvalue weighted by atomic mass is 16.5. The van der Waals surface area contributed by atoms with Crippen LogP contribution in [0.5, 0.6) is 0 Å². The lowest BCUT2D eigenvalue weighted by molar-refractivity contribution is -0.210. The Morgan fingerprint density at radius 2 is 1.78 bits per heavy atom. The maximum Gasteiger partial charge on any atom is 0.333 e. The fourth-order valence-corrected chi connectivity index (χ4v) is 2.20. The van der Waals surface area contributed by atoms with Crippen LogP contribution in [0.2, 0.25) is 0 Å². The van der Waals surface area contributed by atoms with Crippen LogP contribution in [0, 0.1) is 11.3 Å². The third-order valence-electron chi connectivity index (χ3n) is 3.49. The molecule has 5 atom stereocenters. The van der Waals surface area contributed by atoms with Gasteiger partial charge in [0.15, 0.2) is 6.10 Å². The third kappa shape index (κ3) is 3.67. The van der Waals surface area contributed by atoms with Crippen LogP contribution in [0.3, 0.4) is 0 Å². The first-order chi connectivity index (χ1) is 8.13. The van der Waals surface area contributed by atoms with Gasteiger partial charge in [0.1, 0.15) is 6.10 Å². The Morgan fingerprint density at radius 3 is 2.22 bits per heavy atom. The van der Waals surface area contributed by atoms with Gasteiger partial charge in [-0.05, 0) is 18.3 Å². The summed E-state index contributed by atoms with van der Waals surface area (Å²) in [5.74, 6) is -1.70. The maximum atomic E-state index is 11.0. The summed E-state index contributed by atoms with van der Waals surface area (Å²) in [6.07, 6.45) is -2.40. The molecule has 1 saturated heterocycles.